The van der Waals surface area contributed by atoms with E-state index in [9.17, 15) is 4.79 Å². The lowest BCUT2D eigenvalue weighted by atomic mass is 10.1. The molecule has 134 valence electrons. The van der Waals surface area contributed by atoms with Gasteiger partial charge in [-0.05, 0) is 45.7 Å². The van der Waals surface area contributed by atoms with Gasteiger partial charge in [-0.1, -0.05) is 0 Å². The zero-order valence-corrected chi connectivity index (χ0v) is 14.7. The van der Waals surface area contributed by atoms with Gasteiger partial charge < -0.3 is 24.3 Å². The lowest BCUT2D eigenvalue weighted by Gasteiger charge is -2.17. The van der Waals surface area contributed by atoms with E-state index in [2.05, 4.69) is 5.32 Å². The zero-order valence-electron chi connectivity index (χ0n) is 14.7. The highest BCUT2D eigenvalue weighted by Crippen LogP contribution is 2.39. The van der Waals surface area contributed by atoms with E-state index >= 15 is 0 Å². The van der Waals surface area contributed by atoms with Crippen molar-refractivity contribution in [1.29, 1.82) is 0 Å². The highest BCUT2D eigenvalue weighted by molar-refractivity contribution is 5.95. The van der Waals surface area contributed by atoms with Crippen molar-refractivity contribution in [2.45, 2.75) is 39.7 Å². The van der Waals surface area contributed by atoms with Crippen molar-refractivity contribution in [3.05, 3.63) is 17.7 Å². The molecular formula is C18H27NO5. The van der Waals surface area contributed by atoms with Gasteiger partial charge in [-0.15, -0.1) is 0 Å². The van der Waals surface area contributed by atoms with Crippen LogP contribution in [-0.4, -0.2) is 45.0 Å². The van der Waals surface area contributed by atoms with Gasteiger partial charge in [0.2, 0.25) is 5.75 Å². The number of carbonyl (C=O) groups excluding carboxylic acids is 1. The normalized spacial score (nSPS) is 16.7. The lowest BCUT2D eigenvalue weighted by Crippen LogP contribution is -2.31. The summed E-state index contributed by atoms with van der Waals surface area (Å²) in [6.45, 7) is 8.41. The van der Waals surface area contributed by atoms with Gasteiger partial charge in [0.1, 0.15) is 0 Å². The van der Waals surface area contributed by atoms with Crippen molar-refractivity contribution in [2.24, 2.45) is 0 Å². The van der Waals surface area contributed by atoms with Crippen LogP contribution in [0.25, 0.3) is 0 Å². The van der Waals surface area contributed by atoms with Crippen molar-refractivity contribution in [1.82, 2.24) is 5.32 Å². The molecule has 1 aliphatic rings. The predicted molar refractivity (Wildman–Crippen MR) is 91.3 cm³/mol. The number of benzene rings is 1. The van der Waals surface area contributed by atoms with Crippen LogP contribution in [0.2, 0.25) is 0 Å². The average molecular weight is 337 g/mol. The average Bonchev–Trinajstić information content (AvgIpc) is 3.09. The molecule has 1 aliphatic heterocycles. The van der Waals surface area contributed by atoms with E-state index in [4.69, 9.17) is 18.9 Å². The quantitative estimate of drug-likeness (QED) is 0.750. The molecule has 0 aliphatic carbocycles. The third-order valence-corrected chi connectivity index (χ3v) is 3.69. The van der Waals surface area contributed by atoms with Crippen molar-refractivity contribution in [3.8, 4) is 17.2 Å². The first-order chi connectivity index (χ1) is 11.7. The molecule has 1 atom stereocenters. The summed E-state index contributed by atoms with van der Waals surface area (Å²) in [5.74, 6) is 1.41. The third-order valence-electron chi connectivity index (χ3n) is 3.69. The van der Waals surface area contributed by atoms with Gasteiger partial charge in [0, 0.05) is 18.7 Å². The molecule has 1 aromatic carbocycles. The first-order valence-corrected chi connectivity index (χ1v) is 8.65. The first-order valence-electron chi connectivity index (χ1n) is 8.65. The number of nitrogens with one attached hydrogen (secondary N) is 1. The van der Waals surface area contributed by atoms with Crippen LogP contribution < -0.4 is 19.5 Å². The van der Waals surface area contributed by atoms with E-state index in [-0.39, 0.29) is 12.0 Å². The Kier molecular flexibility index (Phi) is 7.18. The Morgan fingerprint density at radius 3 is 2.25 bits per heavy atom. The minimum Gasteiger partial charge on any atom is -0.490 e. The molecule has 1 saturated heterocycles. The number of rotatable bonds is 9. The van der Waals surface area contributed by atoms with Crippen LogP contribution in [-0.2, 0) is 4.74 Å². The molecule has 1 aromatic rings. The molecule has 1 heterocycles. The summed E-state index contributed by atoms with van der Waals surface area (Å²) in [6, 6.07) is 3.39. The van der Waals surface area contributed by atoms with Crippen molar-refractivity contribution in [2.75, 3.05) is 33.0 Å². The first kappa shape index (κ1) is 18.4. The monoisotopic (exact) mass is 337 g/mol. The second kappa shape index (κ2) is 9.37. The number of amides is 1. The molecule has 0 unspecified atom stereocenters. The Balaban J connectivity index is 2.18. The van der Waals surface area contributed by atoms with Gasteiger partial charge in [0.25, 0.3) is 5.91 Å². The molecule has 0 bridgehead atoms. The van der Waals surface area contributed by atoms with E-state index in [0.717, 1.165) is 19.4 Å². The fraction of sp³-hybridized carbons (Fsp3) is 0.611. The summed E-state index contributed by atoms with van der Waals surface area (Å²) >= 11 is 0. The Morgan fingerprint density at radius 1 is 1.12 bits per heavy atom. The van der Waals surface area contributed by atoms with Crippen LogP contribution in [0.1, 0.15) is 44.0 Å². The summed E-state index contributed by atoms with van der Waals surface area (Å²) < 4.78 is 22.4. The topological polar surface area (TPSA) is 66.0 Å². The number of ether oxygens (including phenoxy) is 4. The standard InChI is InChI=1S/C18H27NO5/c1-4-21-15-10-13(11-16(22-5-2)17(15)23-6-3)18(20)19-12-14-8-7-9-24-14/h10-11,14H,4-9,12H2,1-3H3,(H,19,20)/t14-/m1/s1. The van der Waals surface area contributed by atoms with Crippen molar-refractivity contribution in [3.63, 3.8) is 0 Å². The molecule has 6 heteroatoms. The van der Waals surface area contributed by atoms with Crippen LogP contribution in [0.15, 0.2) is 12.1 Å². The van der Waals surface area contributed by atoms with Crippen LogP contribution in [0, 0.1) is 0 Å². The fourth-order valence-electron chi connectivity index (χ4n) is 2.63. The summed E-state index contributed by atoms with van der Waals surface area (Å²) in [7, 11) is 0. The maximum absolute atomic E-state index is 12.5. The van der Waals surface area contributed by atoms with E-state index in [1.165, 1.54) is 0 Å². The fourth-order valence-corrected chi connectivity index (χ4v) is 2.63. The minimum atomic E-state index is -0.171. The number of carbonyl (C=O) groups is 1. The molecule has 1 N–H and O–H groups in total. The van der Waals surface area contributed by atoms with E-state index in [0.29, 0.717) is 49.2 Å². The Labute approximate surface area is 143 Å². The summed E-state index contributed by atoms with van der Waals surface area (Å²) in [4.78, 5) is 12.5. The maximum atomic E-state index is 12.5. The van der Waals surface area contributed by atoms with Gasteiger partial charge in [0.15, 0.2) is 11.5 Å². The van der Waals surface area contributed by atoms with Crippen molar-refractivity contribution < 1.29 is 23.7 Å². The molecule has 24 heavy (non-hydrogen) atoms. The lowest BCUT2D eigenvalue weighted by molar-refractivity contribution is 0.0857. The number of hydrogen-bond acceptors (Lipinski definition) is 5. The van der Waals surface area contributed by atoms with E-state index < -0.39 is 0 Å². The highest BCUT2D eigenvalue weighted by atomic mass is 16.5. The minimum absolute atomic E-state index is 0.106. The van der Waals surface area contributed by atoms with Gasteiger partial charge in [-0.2, -0.15) is 0 Å². The summed E-state index contributed by atoms with van der Waals surface area (Å²) in [5, 5.41) is 2.92. The summed E-state index contributed by atoms with van der Waals surface area (Å²) in [6.07, 6.45) is 2.14. The molecule has 6 nitrogen and oxygen atoms in total. The second-order valence-corrected chi connectivity index (χ2v) is 5.45. The Morgan fingerprint density at radius 2 is 1.75 bits per heavy atom. The summed E-state index contributed by atoms with van der Waals surface area (Å²) in [5.41, 5.74) is 0.489. The predicted octanol–water partition coefficient (Wildman–Crippen LogP) is 2.79. The van der Waals surface area contributed by atoms with E-state index in [1.54, 1.807) is 12.1 Å². The molecule has 0 radical (unpaired) electrons. The van der Waals surface area contributed by atoms with Gasteiger partial charge in [-0.25, -0.2) is 0 Å². The Hall–Kier alpha value is -1.95. The molecule has 1 amide bonds. The number of hydrogen-bond donors (Lipinski definition) is 1. The highest BCUT2D eigenvalue weighted by Gasteiger charge is 2.20. The maximum Gasteiger partial charge on any atom is 0.251 e. The van der Waals surface area contributed by atoms with Crippen LogP contribution >= 0.6 is 0 Å². The SMILES string of the molecule is CCOc1cc(C(=O)NC[C@H]2CCCO2)cc(OCC)c1OCC. The van der Waals surface area contributed by atoms with Crippen molar-refractivity contribution >= 4 is 5.91 Å². The second-order valence-electron chi connectivity index (χ2n) is 5.45. The molecule has 0 spiro atoms. The van der Waals surface area contributed by atoms with Crippen LogP contribution in [0.5, 0.6) is 17.2 Å². The Bertz CT molecular complexity index is 513. The molecule has 2 rings (SSSR count). The zero-order chi connectivity index (χ0) is 17.4. The third kappa shape index (κ3) is 4.77. The van der Waals surface area contributed by atoms with Crippen LogP contribution in [0.4, 0.5) is 0 Å². The van der Waals surface area contributed by atoms with Gasteiger partial charge in [-0.3, -0.25) is 4.79 Å². The van der Waals surface area contributed by atoms with E-state index in [1.807, 2.05) is 20.8 Å². The molecule has 0 aromatic heterocycles. The van der Waals surface area contributed by atoms with Crippen LogP contribution in [0.3, 0.4) is 0 Å². The molecule has 0 saturated carbocycles. The smallest absolute Gasteiger partial charge is 0.251 e. The largest absolute Gasteiger partial charge is 0.490 e. The van der Waals surface area contributed by atoms with Gasteiger partial charge >= 0.3 is 0 Å². The molecular weight excluding hydrogens is 310 g/mol. The molecule has 1 fully saturated rings. The van der Waals surface area contributed by atoms with Gasteiger partial charge in [0.05, 0.1) is 25.9 Å².